The van der Waals surface area contributed by atoms with Crippen molar-refractivity contribution in [3.05, 3.63) is 65.4 Å². The van der Waals surface area contributed by atoms with Crippen molar-refractivity contribution in [2.75, 3.05) is 32.7 Å². The molecular formula is C24H24N4O3S. The van der Waals surface area contributed by atoms with Gasteiger partial charge in [-0.1, -0.05) is 35.5 Å². The second kappa shape index (κ2) is 9.10. The summed E-state index contributed by atoms with van der Waals surface area (Å²) in [4.78, 5) is 22.6. The molecule has 0 atom stereocenters. The van der Waals surface area contributed by atoms with Crippen molar-refractivity contribution < 1.29 is 14.4 Å². The lowest BCUT2D eigenvalue weighted by Crippen LogP contribution is -2.48. The van der Waals surface area contributed by atoms with Crippen LogP contribution in [0.4, 0.5) is 0 Å². The maximum absolute atomic E-state index is 13.0. The molecule has 164 valence electrons. The third-order valence-electron chi connectivity index (χ3n) is 5.83. The first-order chi connectivity index (χ1) is 15.7. The predicted octanol–water partition coefficient (Wildman–Crippen LogP) is 4.05. The molecule has 3 heterocycles. The summed E-state index contributed by atoms with van der Waals surface area (Å²) < 4.78 is 5.37. The molecule has 8 heteroatoms. The molecule has 32 heavy (non-hydrogen) atoms. The van der Waals surface area contributed by atoms with Crippen molar-refractivity contribution >= 4 is 28.0 Å². The highest BCUT2D eigenvalue weighted by molar-refractivity contribution is 7.13. The van der Waals surface area contributed by atoms with Crippen LogP contribution in [0.15, 0.2) is 58.4 Å². The fourth-order valence-corrected chi connectivity index (χ4v) is 4.71. The number of phenolic OH excluding ortho intramolecular Hbond substituents is 1. The summed E-state index contributed by atoms with van der Waals surface area (Å²) in [5.74, 6) is 1.24. The van der Waals surface area contributed by atoms with E-state index in [2.05, 4.69) is 15.0 Å². The van der Waals surface area contributed by atoms with Gasteiger partial charge in [-0.2, -0.15) is 4.98 Å². The third kappa shape index (κ3) is 4.37. The maximum Gasteiger partial charge on any atom is 0.257 e. The number of phenols is 1. The van der Waals surface area contributed by atoms with Gasteiger partial charge in [-0.25, -0.2) is 0 Å². The van der Waals surface area contributed by atoms with Crippen LogP contribution in [0, 0.1) is 0 Å². The van der Waals surface area contributed by atoms with E-state index in [0.29, 0.717) is 30.4 Å². The zero-order valence-corrected chi connectivity index (χ0v) is 18.4. The minimum atomic E-state index is -0.111. The Kier molecular flexibility index (Phi) is 5.87. The highest BCUT2D eigenvalue weighted by Crippen LogP contribution is 2.26. The number of carbonyl (C=O) groups is 1. The number of carbonyl (C=O) groups excluding carboxylic acids is 1. The number of thiophene rings is 1. The van der Waals surface area contributed by atoms with Crippen molar-refractivity contribution in [2.24, 2.45) is 0 Å². The van der Waals surface area contributed by atoms with E-state index in [1.54, 1.807) is 23.5 Å². The first-order valence-electron chi connectivity index (χ1n) is 10.8. The molecule has 2 aromatic heterocycles. The average molecular weight is 449 g/mol. The zero-order valence-electron chi connectivity index (χ0n) is 17.6. The topological polar surface area (TPSA) is 82.7 Å². The van der Waals surface area contributed by atoms with Gasteiger partial charge in [-0.3, -0.25) is 9.69 Å². The second-order valence-electron chi connectivity index (χ2n) is 7.94. The molecule has 1 saturated heterocycles. The fourth-order valence-electron chi connectivity index (χ4n) is 4.06. The summed E-state index contributed by atoms with van der Waals surface area (Å²) >= 11 is 1.60. The Morgan fingerprint density at radius 1 is 1.06 bits per heavy atom. The molecule has 0 spiro atoms. The lowest BCUT2D eigenvalue weighted by molar-refractivity contribution is 0.0633. The van der Waals surface area contributed by atoms with Crippen molar-refractivity contribution in [3.63, 3.8) is 0 Å². The van der Waals surface area contributed by atoms with Crippen LogP contribution in [-0.2, 0) is 6.42 Å². The minimum Gasteiger partial charge on any atom is -0.507 e. The van der Waals surface area contributed by atoms with Gasteiger partial charge < -0.3 is 14.5 Å². The molecule has 0 radical (unpaired) electrons. The number of hydrogen-bond donors (Lipinski definition) is 1. The van der Waals surface area contributed by atoms with Gasteiger partial charge >= 0.3 is 0 Å². The van der Waals surface area contributed by atoms with Gasteiger partial charge in [0.25, 0.3) is 5.91 Å². The van der Waals surface area contributed by atoms with Crippen molar-refractivity contribution in [3.8, 4) is 16.5 Å². The molecule has 1 aliphatic rings. The van der Waals surface area contributed by atoms with E-state index >= 15 is 0 Å². The SMILES string of the molecule is O=C(c1cc2ccccc2cc1O)N1CCN(CCCc2nc(-c3cccs3)no2)CC1. The van der Waals surface area contributed by atoms with Crippen LogP contribution in [0.5, 0.6) is 5.75 Å². The molecule has 0 unspecified atom stereocenters. The lowest BCUT2D eigenvalue weighted by atomic mass is 10.0. The number of aromatic nitrogens is 2. The van der Waals surface area contributed by atoms with Gasteiger partial charge in [-0.05, 0) is 47.3 Å². The van der Waals surface area contributed by atoms with Crippen LogP contribution in [0.1, 0.15) is 22.7 Å². The number of hydrogen-bond acceptors (Lipinski definition) is 7. The summed E-state index contributed by atoms with van der Waals surface area (Å²) in [6, 6.07) is 15.1. The Morgan fingerprint density at radius 3 is 2.59 bits per heavy atom. The van der Waals surface area contributed by atoms with E-state index in [9.17, 15) is 9.90 Å². The number of aryl methyl sites for hydroxylation is 1. The molecule has 1 amide bonds. The summed E-state index contributed by atoms with van der Waals surface area (Å²) in [7, 11) is 0. The van der Waals surface area contributed by atoms with Crippen molar-refractivity contribution in [1.29, 1.82) is 0 Å². The largest absolute Gasteiger partial charge is 0.507 e. The predicted molar refractivity (Wildman–Crippen MR) is 124 cm³/mol. The highest BCUT2D eigenvalue weighted by Gasteiger charge is 2.24. The molecule has 0 aliphatic carbocycles. The fraction of sp³-hybridized carbons (Fsp3) is 0.292. The van der Waals surface area contributed by atoms with Crippen LogP contribution < -0.4 is 0 Å². The number of aromatic hydroxyl groups is 1. The standard InChI is InChI=1S/C24H24N4O3S/c29-20-16-18-6-2-1-5-17(18)15-19(20)24(30)28-12-10-27(11-13-28)9-3-8-22-25-23(26-31-22)21-7-4-14-32-21/h1-2,4-7,14-16,29H,3,8-13H2. The average Bonchev–Trinajstić information content (AvgIpc) is 3.51. The van der Waals surface area contributed by atoms with E-state index in [4.69, 9.17) is 4.52 Å². The van der Waals surface area contributed by atoms with Crippen LogP contribution in [0.2, 0.25) is 0 Å². The highest BCUT2D eigenvalue weighted by atomic mass is 32.1. The molecule has 1 N–H and O–H groups in total. The number of amides is 1. The van der Waals surface area contributed by atoms with E-state index in [1.807, 2.05) is 46.7 Å². The summed E-state index contributed by atoms with van der Waals surface area (Å²) in [5, 5.41) is 18.3. The molecule has 1 aliphatic heterocycles. The Bertz CT molecular complexity index is 1210. The Labute approximate surface area is 189 Å². The third-order valence-corrected chi connectivity index (χ3v) is 6.69. The van der Waals surface area contributed by atoms with Crippen molar-refractivity contribution in [2.45, 2.75) is 12.8 Å². The Balaban J connectivity index is 1.12. The first kappa shape index (κ1) is 20.7. The van der Waals surface area contributed by atoms with Gasteiger partial charge in [0, 0.05) is 32.6 Å². The van der Waals surface area contributed by atoms with E-state index in [-0.39, 0.29) is 11.7 Å². The van der Waals surface area contributed by atoms with E-state index in [1.165, 1.54) is 0 Å². The lowest BCUT2D eigenvalue weighted by Gasteiger charge is -2.34. The van der Waals surface area contributed by atoms with E-state index in [0.717, 1.165) is 48.1 Å². The van der Waals surface area contributed by atoms with Gasteiger partial charge in [0.05, 0.1) is 10.4 Å². The molecule has 2 aromatic carbocycles. The van der Waals surface area contributed by atoms with Crippen LogP contribution >= 0.6 is 11.3 Å². The molecular weight excluding hydrogens is 424 g/mol. The normalized spacial score (nSPS) is 14.8. The number of rotatable bonds is 6. The molecule has 7 nitrogen and oxygen atoms in total. The van der Waals surface area contributed by atoms with Crippen LogP contribution in [0.25, 0.3) is 21.5 Å². The minimum absolute atomic E-state index is 0.0394. The smallest absolute Gasteiger partial charge is 0.257 e. The number of benzene rings is 2. The molecule has 0 saturated carbocycles. The molecule has 4 aromatic rings. The number of nitrogens with zero attached hydrogens (tertiary/aromatic N) is 4. The van der Waals surface area contributed by atoms with Crippen LogP contribution in [0.3, 0.4) is 0 Å². The summed E-state index contributed by atoms with van der Waals surface area (Å²) in [6.07, 6.45) is 1.66. The monoisotopic (exact) mass is 448 g/mol. The molecule has 1 fully saturated rings. The zero-order chi connectivity index (χ0) is 21.9. The first-order valence-corrected chi connectivity index (χ1v) is 11.7. The number of piperazine rings is 1. The van der Waals surface area contributed by atoms with Gasteiger partial charge in [-0.15, -0.1) is 11.3 Å². The van der Waals surface area contributed by atoms with Crippen LogP contribution in [-0.4, -0.2) is 63.7 Å². The van der Waals surface area contributed by atoms with Gasteiger partial charge in [0.1, 0.15) is 5.75 Å². The quantitative estimate of drug-likeness (QED) is 0.479. The van der Waals surface area contributed by atoms with E-state index < -0.39 is 0 Å². The molecule has 5 rings (SSSR count). The summed E-state index contributed by atoms with van der Waals surface area (Å²) in [6.45, 7) is 3.83. The molecule has 0 bridgehead atoms. The van der Waals surface area contributed by atoms with Gasteiger partial charge in [0.2, 0.25) is 11.7 Å². The summed E-state index contributed by atoms with van der Waals surface area (Å²) in [5.41, 5.74) is 0.370. The Morgan fingerprint density at radius 2 is 1.84 bits per heavy atom. The maximum atomic E-state index is 13.0. The van der Waals surface area contributed by atoms with Gasteiger partial charge in [0.15, 0.2) is 0 Å². The van der Waals surface area contributed by atoms with Crippen molar-refractivity contribution in [1.82, 2.24) is 19.9 Å². The Hall–Kier alpha value is -3.23. The second-order valence-corrected chi connectivity index (χ2v) is 8.89. The number of fused-ring (bicyclic) bond motifs is 1.